The number of hydrogen-bond donors (Lipinski definition) is 1. The molecule has 0 unspecified atom stereocenters. The van der Waals surface area contributed by atoms with Crippen LogP contribution in [0.4, 0.5) is 5.13 Å². The van der Waals surface area contributed by atoms with E-state index in [1.807, 2.05) is 52.4 Å². The van der Waals surface area contributed by atoms with Crippen LogP contribution in [0.1, 0.15) is 13.3 Å². The fourth-order valence-electron chi connectivity index (χ4n) is 2.80. The number of anilines is 1. The quantitative estimate of drug-likeness (QED) is 0.316. The van der Waals surface area contributed by atoms with E-state index in [1.54, 1.807) is 0 Å². The summed E-state index contributed by atoms with van der Waals surface area (Å²) in [5, 5.41) is 14.6. The van der Waals surface area contributed by atoms with Gasteiger partial charge >= 0.3 is 0 Å². The van der Waals surface area contributed by atoms with Gasteiger partial charge in [-0.25, -0.2) is 4.98 Å². The van der Waals surface area contributed by atoms with E-state index in [2.05, 4.69) is 43.4 Å². The third-order valence-corrected chi connectivity index (χ3v) is 6.26. The number of nitrogens with zero attached hydrogens (tertiary/aromatic N) is 4. The van der Waals surface area contributed by atoms with Crippen molar-refractivity contribution in [1.82, 2.24) is 19.7 Å². The number of furan rings is 1. The summed E-state index contributed by atoms with van der Waals surface area (Å²) in [6.45, 7) is 2.81. The van der Waals surface area contributed by atoms with Crippen molar-refractivity contribution in [2.75, 3.05) is 11.1 Å². The lowest BCUT2D eigenvalue weighted by molar-refractivity contribution is -0.113. The number of benzene rings is 1. The van der Waals surface area contributed by atoms with Crippen LogP contribution < -0.4 is 5.32 Å². The predicted molar refractivity (Wildman–Crippen MR) is 123 cm³/mol. The second-order valence-electron chi connectivity index (χ2n) is 6.30. The molecule has 0 spiro atoms. The van der Waals surface area contributed by atoms with Crippen LogP contribution in [0.5, 0.6) is 0 Å². The van der Waals surface area contributed by atoms with Crippen molar-refractivity contribution in [2.45, 2.75) is 25.0 Å². The van der Waals surface area contributed by atoms with E-state index < -0.39 is 0 Å². The number of rotatable bonds is 8. The number of halogens is 1. The summed E-state index contributed by atoms with van der Waals surface area (Å²) in [7, 11) is 0. The van der Waals surface area contributed by atoms with Crippen molar-refractivity contribution >= 4 is 50.1 Å². The summed E-state index contributed by atoms with van der Waals surface area (Å²) in [4.78, 5) is 16.9. The molecule has 0 aliphatic heterocycles. The molecule has 0 aliphatic carbocycles. The Morgan fingerprint density at radius 1 is 1.23 bits per heavy atom. The van der Waals surface area contributed by atoms with E-state index in [0.717, 1.165) is 24.2 Å². The van der Waals surface area contributed by atoms with Gasteiger partial charge in [-0.15, -0.1) is 21.5 Å². The summed E-state index contributed by atoms with van der Waals surface area (Å²) < 4.78 is 8.22. The molecule has 0 bridgehead atoms. The molecule has 3 heterocycles. The average molecular weight is 504 g/mol. The van der Waals surface area contributed by atoms with Gasteiger partial charge in [-0.05, 0) is 34.5 Å². The lowest BCUT2D eigenvalue weighted by atomic mass is 10.2. The van der Waals surface area contributed by atoms with Gasteiger partial charge < -0.3 is 9.73 Å². The highest BCUT2D eigenvalue weighted by Gasteiger charge is 2.18. The first kappa shape index (κ1) is 20.8. The summed E-state index contributed by atoms with van der Waals surface area (Å²) in [5.41, 5.74) is 1.87. The van der Waals surface area contributed by atoms with Crippen molar-refractivity contribution in [3.8, 4) is 22.8 Å². The summed E-state index contributed by atoms with van der Waals surface area (Å²) in [5.74, 6) is 1.36. The Balaban J connectivity index is 1.40. The van der Waals surface area contributed by atoms with Crippen LogP contribution >= 0.6 is 39.0 Å². The van der Waals surface area contributed by atoms with Gasteiger partial charge in [0, 0.05) is 17.5 Å². The molecule has 0 radical (unpaired) electrons. The smallest absolute Gasteiger partial charge is 0.236 e. The maximum absolute atomic E-state index is 12.4. The number of aromatic nitrogens is 4. The van der Waals surface area contributed by atoms with Gasteiger partial charge in [0.25, 0.3) is 0 Å². The molecule has 30 heavy (non-hydrogen) atoms. The molecule has 3 aromatic heterocycles. The molecule has 0 saturated carbocycles. The van der Waals surface area contributed by atoms with Crippen molar-refractivity contribution in [1.29, 1.82) is 0 Å². The molecule has 0 fully saturated rings. The molecule has 0 atom stereocenters. The van der Waals surface area contributed by atoms with Crippen LogP contribution in [0.2, 0.25) is 0 Å². The first-order valence-electron chi connectivity index (χ1n) is 9.26. The van der Waals surface area contributed by atoms with Gasteiger partial charge in [-0.3, -0.25) is 9.36 Å². The number of carbonyl (C=O) groups excluding carboxylic acids is 1. The van der Waals surface area contributed by atoms with E-state index in [9.17, 15) is 4.79 Å². The SMILES string of the molecule is CCCn1c(SCC(=O)Nc2nc(-c3ccccc3)cs2)nnc1-c1ccc(Br)o1. The van der Waals surface area contributed by atoms with Crippen molar-refractivity contribution in [2.24, 2.45) is 0 Å². The second-order valence-corrected chi connectivity index (χ2v) is 8.88. The molecule has 4 rings (SSSR count). The lowest BCUT2D eigenvalue weighted by Crippen LogP contribution is -2.14. The Kier molecular flexibility index (Phi) is 6.66. The minimum Gasteiger partial charge on any atom is -0.446 e. The maximum atomic E-state index is 12.4. The van der Waals surface area contributed by atoms with Crippen LogP contribution in [0.25, 0.3) is 22.8 Å². The van der Waals surface area contributed by atoms with Crippen molar-refractivity contribution in [3.05, 3.63) is 52.5 Å². The zero-order chi connectivity index (χ0) is 20.9. The van der Waals surface area contributed by atoms with E-state index in [4.69, 9.17) is 4.42 Å². The third-order valence-electron chi connectivity index (χ3n) is 4.11. The van der Waals surface area contributed by atoms with E-state index >= 15 is 0 Å². The molecule has 0 aliphatic rings. The minimum atomic E-state index is -0.137. The first-order chi connectivity index (χ1) is 14.6. The van der Waals surface area contributed by atoms with Crippen LogP contribution in [-0.4, -0.2) is 31.4 Å². The number of thiazole rings is 1. The van der Waals surface area contributed by atoms with Gasteiger partial charge in [0.2, 0.25) is 11.7 Å². The van der Waals surface area contributed by atoms with Crippen molar-refractivity contribution in [3.63, 3.8) is 0 Å². The summed E-state index contributed by atoms with van der Waals surface area (Å²) in [6, 6.07) is 13.5. The van der Waals surface area contributed by atoms with Crippen LogP contribution in [0.3, 0.4) is 0 Å². The molecule has 1 N–H and O–H groups in total. The Labute approximate surface area is 190 Å². The van der Waals surface area contributed by atoms with Crippen LogP contribution in [0, 0.1) is 0 Å². The fraction of sp³-hybridized carbons (Fsp3) is 0.200. The number of hydrogen-bond acceptors (Lipinski definition) is 7. The Bertz CT molecular complexity index is 1140. The van der Waals surface area contributed by atoms with Gasteiger partial charge in [0.15, 0.2) is 20.7 Å². The zero-order valence-electron chi connectivity index (χ0n) is 16.0. The largest absolute Gasteiger partial charge is 0.446 e. The number of amides is 1. The Morgan fingerprint density at radius 2 is 2.07 bits per heavy atom. The average Bonchev–Trinajstić information content (AvgIpc) is 3.48. The highest BCUT2D eigenvalue weighted by Crippen LogP contribution is 2.28. The standard InChI is InChI=1S/C20H18BrN5O2S2/c1-2-10-26-18(15-8-9-16(21)28-15)24-25-20(26)30-12-17(27)23-19-22-14(11-29-19)13-6-4-3-5-7-13/h3-9,11H,2,10,12H2,1H3,(H,22,23,27). The molecule has 4 aromatic rings. The molecule has 10 heteroatoms. The first-order valence-corrected chi connectivity index (χ1v) is 11.9. The van der Waals surface area contributed by atoms with E-state index in [1.165, 1.54) is 23.1 Å². The molecule has 0 saturated heterocycles. The number of carbonyl (C=O) groups is 1. The van der Waals surface area contributed by atoms with Gasteiger partial charge in [-0.1, -0.05) is 49.0 Å². The molecule has 154 valence electrons. The highest BCUT2D eigenvalue weighted by molar-refractivity contribution is 9.10. The lowest BCUT2D eigenvalue weighted by Gasteiger charge is -2.07. The summed E-state index contributed by atoms with van der Waals surface area (Å²) in [6.07, 6.45) is 0.911. The van der Waals surface area contributed by atoms with E-state index in [0.29, 0.717) is 26.5 Å². The van der Waals surface area contributed by atoms with Crippen LogP contribution in [0.15, 0.2) is 62.1 Å². The number of nitrogens with one attached hydrogen (secondary N) is 1. The zero-order valence-corrected chi connectivity index (χ0v) is 19.3. The van der Waals surface area contributed by atoms with Gasteiger partial charge in [-0.2, -0.15) is 0 Å². The predicted octanol–water partition coefficient (Wildman–Crippen LogP) is 5.56. The molecule has 1 amide bonds. The van der Waals surface area contributed by atoms with Crippen molar-refractivity contribution < 1.29 is 9.21 Å². The molecule has 1 aromatic carbocycles. The fourth-order valence-corrected chi connectivity index (χ4v) is 4.60. The Morgan fingerprint density at radius 3 is 2.80 bits per heavy atom. The second kappa shape index (κ2) is 9.59. The highest BCUT2D eigenvalue weighted by atomic mass is 79.9. The van der Waals surface area contributed by atoms with E-state index in [-0.39, 0.29) is 11.7 Å². The van der Waals surface area contributed by atoms with Gasteiger partial charge in [0.05, 0.1) is 11.4 Å². The minimum absolute atomic E-state index is 0.137. The van der Waals surface area contributed by atoms with Gasteiger partial charge in [0.1, 0.15) is 0 Å². The molecular formula is C20H18BrN5O2S2. The number of thioether (sulfide) groups is 1. The Hall–Kier alpha value is -2.43. The topological polar surface area (TPSA) is 85.8 Å². The third kappa shape index (κ3) is 4.82. The summed E-state index contributed by atoms with van der Waals surface area (Å²) >= 11 is 6.06. The molecular weight excluding hydrogens is 486 g/mol. The molecule has 7 nitrogen and oxygen atoms in total. The monoisotopic (exact) mass is 503 g/mol. The van der Waals surface area contributed by atoms with Crippen LogP contribution in [-0.2, 0) is 11.3 Å². The maximum Gasteiger partial charge on any atom is 0.236 e. The normalized spacial score (nSPS) is 11.0.